The molecule has 0 aliphatic heterocycles. The molecule has 1 N–H and O–H groups in total. The maximum atomic E-state index is 4.33. The highest BCUT2D eigenvalue weighted by Gasteiger charge is 2.08. The summed E-state index contributed by atoms with van der Waals surface area (Å²) in [6, 6.07) is 1.86. The van der Waals surface area contributed by atoms with Crippen LogP contribution in [0.4, 0.5) is 5.95 Å². The molecule has 0 atom stereocenters. The van der Waals surface area contributed by atoms with Gasteiger partial charge in [-0.05, 0) is 40.7 Å². The molecule has 2 aromatic rings. The maximum absolute atomic E-state index is 4.33. The first-order valence-corrected chi connectivity index (χ1v) is 6.48. The number of hydrogen-bond acceptors (Lipinski definition) is 6. The van der Waals surface area contributed by atoms with Crippen molar-refractivity contribution >= 4 is 33.6 Å². The van der Waals surface area contributed by atoms with Crippen molar-refractivity contribution in [2.24, 2.45) is 0 Å². The first kappa shape index (κ1) is 12.3. The van der Waals surface area contributed by atoms with E-state index in [2.05, 4.69) is 41.2 Å². The van der Waals surface area contributed by atoms with Crippen LogP contribution in [0.15, 0.2) is 33.1 Å². The smallest absolute Gasteiger partial charge is 0.223 e. The van der Waals surface area contributed by atoms with Crippen LogP contribution < -0.4 is 5.32 Å². The minimum Gasteiger partial charge on any atom is -0.357 e. The fourth-order valence-corrected chi connectivity index (χ4v) is 2.30. The number of rotatable bonds is 3. The molecule has 0 aromatic carbocycles. The van der Waals surface area contributed by atoms with Crippen molar-refractivity contribution < 1.29 is 0 Å². The lowest BCUT2D eigenvalue weighted by atomic mass is 10.5. The third kappa shape index (κ3) is 3.13. The van der Waals surface area contributed by atoms with Crippen LogP contribution in [0.1, 0.15) is 5.69 Å². The van der Waals surface area contributed by atoms with E-state index in [1.165, 1.54) is 11.8 Å². The van der Waals surface area contributed by atoms with E-state index >= 15 is 0 Å². The quantitative estimate of drug-likeness (QED) is 0.694. The average molecular weight is 312 g/mol. The Morgan fingerprint density at radius 2 is 2.12 bits per heavy atom. The Morgan fingerprint density at radius 1 is 1.29 bits per heavy atom. The van der Waals surface area contributed by atoms with Gasteiger partial charge in [-0.15, -0.1) is 0 Å². The van der Waals surface area contributed by atoms with Crippen molar-refractivity contribution in [2.75, 3.05) is 12.4 Å². The molecule has 0 spiro atoms. The molecule has 2 rings (SSSR count). The molecule has 0 fully saturated rings. The summed E-state index contributed by atoms with van der Waals surface area (Å²) >= 11 is 4.80. The van der Waals surface area contributed by atoms with E-state index in [1.54, 1.807) is 19.4 Å². The average Bonchev–Trinajstić information content (AvgIpc) is 2.32. The number of aryl methyl sites for hydroxylation is 1. The van der Waals surface area contributed by atoms with E-state index in [0.29, 0.717) is 11.1 Å². The first-order valence-electron chi connectivity index (χ1n) is 4.87. The van der Waals surface area contributed by atoms with Crippen LogP contribution in [-0.4, -0.2) is 27.0 Å². The predicted molar refractivity (Wildman–Crippen MR) is 70.2 cm³/mol. The van der Waals surface area contributed by atoms with Crippen molar-refractivity contribution in [1.29, 1.82) is 0 Å². The third-order valence-electron chi connectivity index (χ3n) is 1.90. The largest absolute Gasteiger partial charge is 0.357 e. The highest BCUT2D eigenvalue weighted by molar-refractivity contribution is 9.10. The van der Waals surface area contributed by atoms with Gasteiger partial charge in [-0.2, -0.15) is 0 Å². The second-order valence-corrected chi connectivity index (χ2v) is 4.99. The molecule has 0 unspecified atom stereocenters. The lowest BCUT2D eigenvalue weighted by Gasteiger charge is -2.04. The van der Waals surface area contributed by atoms with Crippen molar-refractivity contribution in [3.8, 4) is 0 Å². The van der Waals surface area contributed by atoms with Gasteiger partial charge in [-0.3, -0.25) is 0 Å². The molecule has 0 amide bonds. The second-order valence-electron chi connectivity index (χ2n) is 3.18. The summed E-state index contributed by atoms with van der Waals surface area (Å²) in [5.74, 6) is 0.573. The summed E-state index contributed by atoms with van der Waals surface area (Å²) in [4.78, 5) is 16.9. The molecule has 0 saturated carbocycles. The van der Waals surface area contributed by atoms with Crippen LogP contribution in [0, 0.1) is 6.92 Å². The lowest BCUT2D eigenvalue weighted by molar-refractivity contribution is 0.923. The van der Waals surface area contributed by atoms with Crippen molar-refractivity contribution in [2.45, 2.75) is 17.1 Å². The van der Waals surface area contributed by atoms with Crippen molar-refractivity contribution in [1.82, 2.24) is 19.9 Å². The first-order chi connectivity index (χ1) is 8.19. The molecule has 0 bridgehead atoms. The van der Waals surface area contributed by atoms with Gasteiger partial charge in [0.15, 0.2) is 5.16 Å². The number of hydrogen-bond donors (Lipinski definition) is 1. The zero-order valence-electron chi connectivity index (χ0n) is 9.31. The predicted octanol–water partition coefficient (Wildman–Crippen LogP) is 2.53. The van der Waals surface area contributed by atoms with Crippen LogP contribution in [0.25, 0.3) is 0 Å². The van der Waals surface area contributed by atoms with Gasteiger partial charge in [0.1, 0.15) is 5.03 Å². The van der Waals surface area contributed by atoms with E-state index in [1.807, 2.05) is 13.0 Å². The van der Waals surface area contributed by atoms with Crippen LogP contribution in [0.5, 0.6) is 0 Å². The molecule has 0 aliphatic rings. The van der Waals surface area contributed by atoms with Gasteiger partial charge in [0.05, 0.1) is 4.47 Å². The molecular weight excluding hydrogens is 302 g/mol. The minimum atomic E-state index is 0.573. The van der Waals surface area contributed by atoms with Gasteiger partial charge in [0.25, 0.3) is 0 Å². The molecule has 5 nitrogen and oxygen atoms in total. The molecule has 7 heteroatoms. The Balaban J connectivity index is 2.29. The molecule has 0 aliphatic carbocycles. The summed E-state index contributed by atoms with van der Waals surface area (Å²) in [6.07, 6.45) is 3.44. The summed E-state index contributed by atoms with van der Waals surface area (Å²) in [5.41, 5.74) is 0.932. The standard InChI is InChI=1S/C10H10BrN5S/c1-6-3-4-13-10(15-6)17-8-7(11)5-14-9(12-2)16-8/h3-5H,1-2H3,(H,12,14,16). The number of anilines is 1. The van der Waals surface area contributed by atoms with Crippen molar-refractivity contribution in [3.05, 3.63) is 28.6 Å². The van der Waals surface area contributed by atoms with E-state index in [0.717, 1.165) is 15.2 Å². The summed E-state index contributed by atoms with van der Waals surface area (Å²) in [7, 11) is 1.78. The molecule has 2 heterocycles. The molecule has 2 aromatic heterocycles. The van der Waals surface area contributed by atoms with Crippen LogP contribution >= 0.6 is 27.7 Å². The zero-order chi connectivity index (χ0) is 12.3. The maximum Gasteiger partial charge on any atom is 0.223 e. The summed E-state index contributed by atoms with van der Waals surface area (Å²) in [6.45, 7) is 1.93. The van der Waals surface area contributed by atoms with Gasteiger partial charge in [-0.25, -0.2) is 19.9 Å². The SMILES string of the molecule is CNc1ncc(Br)c(Sc2nccc(C)n2)n1. The van der Waals surface area contributed by atoms with Gasteiger partial charge < -0.3 is 5.32 Å². The van der Waals surface area contributed by atoms with E-state index in [-0.39, 0.29) is 0 Å². The van der Waals surface area contributed by atoms with Gasteiger partial charge >= 0.3 is 0 Å². The van der Waals surface area contributed by atoms with E-state index in [4.69, 9.17) is 0 Å². The highest BCUT2D eigenvalue weighted by atomic mass is 79.9. The van der Waals surface area contributed by atoms with Gasteiger partial charge in [0.2, 0.25) is 5.95 Å². The Bertz CT molecular complexity index is 534. The van der Waals surface area contributed by atoms with Crippen molar-refractivity contribution in [3.63, 3.8) is 0 Å². The van der Waals surface area contributed by atoms with Crippen LogP contribution in [0.3, 0.4) is 0 Å². The molecule has 88 valence electrons. The van der Waals surface area contributed by atoms with Gasteiger partial charge in [-0.1, -0.05) is 0 Å². The van der Waals surface area contributed by atoms with E-state index < -0.39 is 0 Å². The number of nitrogens with one attached hydrogen (secondary N) is 1. The van der Waals surface area contributed by atoms with Crippen LogP contribution in [0.2, 0.25) is 0 Å². The Morgan fingerprint density at radius 3 is 2.82 bits per heavy atom. The number of halogens is 1. The van der Waals surface area contributed by atoms with E-state index in [9.17, 15) is 0 Å². The Labute approximate surface area is 112 Å². The second kappa shape index (κ2) is 5.42. The molecule has 0 radical (unpaired) electrons. The third-order valence-corrected chi connectivity index (χ3v) is 3.62. The molecule has 17 heavy (non-hydrogen) atoms. The fourth-order valence-electron chi connectivity index (χ4n) is 1.11. The Hall–Kier alpha value is -1.21. The molecular formula is C10H10BrN5S. The van der Waals surface area contributed by atoms with Gasteiger partial charge in [0, 0.05) is 25.1 Å². The molecule has 0 saturated heterocycles. The Kier molecular flexibility index (Phi) is 3.90. The topological polar surface area (TPSA) is 63.6 Å². The summed E-state index contributed by atoms with van der Waals surface area (Å²) in [5, 5.41) is 4.35. The lowest BCUT2D eigenvalue weighted by Crippen LogP contribution is -1.98. The monoisotopic (exact) mass is 311 g/mol. The highest BCUT2D eigenvalue weighted by Crippen LogP contribution is 2.29. The normalized spacial score (nSPS) is 10.3. The van der Waals surface area contributed by atoms with Crippen LogP contribution in [-0.2, 0) is 0 Å². The zero-order valence-corrected chi connectivity index (χ0v) is 11.7. The number of aromatic nitrogens is 4. The number of nitrogens with zero attached hydrogens (tertiary/aromatic N) is 4. The fraction of sp³-hybridized carbons (Fsp3) is 0.200. The minimum absolute atomic E-state index is 0.573. The summed E-state index contributed by atoms with van der Waals surface area (Å²) < 4.78 is 0.826.